The molecule has 1 unspecified atom stereocenters. The smallest absolute Gasteiger partial charge is 0.157 e. The van der Waals surface area contributed by atoms with Crippen molar-refractivity contribution in [1.82, 2.24) is 0 Å². The van der Waals surface area contributed by atoms with E-state index in [4.69, 9.17) is 9.47 Å². The minimum Gasteiger partial charge on any atom is -0.353 e. The fourth-order valence-corrected chi connectivity index (χ4v) is 1.20. The maximum Gasteiger partial charge on any atom is 0.157 e. The molecule has 0 aliphatic rings. The van der Waals surface area contributed by atoms with E-state index in [0.29, 0.717) is 0 Å². The lowest BCUT2D eigenvalue weighted by Crippen LogP contribution is -2.18. The Hall–Kier alpha value is 0.270. The summed E-state index contributed by atoms with van der Waals surface area (Å²) in [5, 5.41) is 0. The molecule has 0 fully saturated rings. The summed E-state index contributed by atoms with van der Waals surface area (Å²) < 4.78 is 11.0. The first kappa shape index (κ1) is 13.3. The fourth-order valence-electron chi connectivity index (χ4n) is 1.02. The summed E-state index contributed by atoms with van der Waals surface area (Å²) in [5.41, 5.74) is 0. The first-order valence-electron chi connectivity index (χ1n) is 5.19. The molecule has 0 aromatic rings. The summed E-state index contributed by atoms with van der Waals surface area (Å²) >= 11 is 4.16. The van der Waals surface area contributed by atoms with Gasteiger partial charge in [0.25, 0.3) is 0 Å². The van der Waals surface area contributed by atoms with Gasteiger partial charge in [-0.25, -0.2) is 0 Å². The Morgan fingerprint density at radius 3 is 2.46 bits per heavy atom. The van der Waals surface area contributed by atoms with Crippen LogP contribution in [0.25, 0.3) is 0 Å². The molecule has 1 atom stereocenters. The highest BCUT2D eigenvalue weighted by atomic mass is 32.1. The van der Waals surface area contributed by atoms with Gasteiger partial charge in [0, 0.05) is 13.2 Å². The standard InChI is InChI=1S/C10H22O2S/c1-3-5-8-12-10(11-4-2)7-6-9-13/h10,13H,3-9H2,1-2H3. The lowest BCUT2D eigenvalue weighted by atomic mass is 10.3. The molecule has 0 aromatic carbocycles. The van der Waals surface area contributed by atoms with Gasteiger partial charge >= 0.3 is 0 Å². The van der Waals surface area contributed by atoms with Crippen LogP contribution in [0.3, 0.4) is 0 Å². The maximum absolute atomic E-state index is 5.57. The van der Waals surface area contributed by atoms with Gasteiger partial charge in [0.1, 0.15) is 0 Å². The third kappa shape index (κ3) is 8.60. The monoisotopic (exact) mass is 206 g/mol. The highest BCUT2D eigenvalue weighted by Crippen LogP contribution is 2.06. The lowest BCUT2D eigenvalue weighted by molar-refractivity contribution is -0.143. The molecule has 0 radical (unpaired) electrons. The van der Waals surface area contributed by atoms with Crippen molar-refractivity contribution in [2.75, 3.05) is 19.0 Å². The van der Waals surface area contributed by atoms with E-state index >= 15 is 0 Å². The van der Waals surface area contributed by atoms with Crippen molar-refractivity contribution in [1.29, 1.82) is 0 Å². The zero-order valence-corrected chi connectivity index (χ0v) is 9.69. The number of unbranched alkanes of at least 4 members (excludes halogenated alkanes) is 1. The first-order chi connectivity index (χ1) is 6.35. The van der Waals surface area contributed by atoms with Crippen LogP contribution in [-0.2, 0) is 9.47 Å². The number of rotatable bonds is 9. The van der Waals surface area contributed by atoms with Crippen LogP contribution in [0.1, 0.15) is 39.5 Å². The van der Waals surface area contributed by atoms with Crippen LogP contribution in [0, 0.1) is 0 Å². The van der Waals surface area contributed by atoms with Crippen molar-refractivity contribution < 1.29 is 9.47 Å². The van der Waals surface area contributed by atoms with Crippen molar-refractivity contribution in [2.24, 2.45) is 0 Å². The van der Waals surface area contributed by atoms with Gasteiger partial charge in [-0.1, -0.05) is 13.3 Å². The highest BCUT2D eigenvalue weighted by Gasteiger charge is 2.06. The van der Waals surface area contributed by atoms with Gasteiger partial charge in [-0.3, -0.25) is 0 Å². The molecule has 0 rings (SSSR count). The number of hydrogen-bond acceptors (Lipinski definition) is 3. The summed E-state index contributed by atoms with van der Waals surface area (Å²) in [5.74, 6) is 0.903. The van der Waals surface area contributed by atoms with Crippen molar-refractivity contribution in [2.45, 2.75) is 45.8 Å². The molecular formula is C10H22O2S. The van der Waals surface area contributed by atoms with Crippen LogP contribution in [0.2, 0.25) is 0 Å². The van der Waals surface area contributed by atoms with E-state index in [9.17, 15) is 0 Å². The molecule has 3 heteroatoms. The number of thiol groups is 1. The summed E-state index contributed by atoms with van der Waals surface area (Å²) in [4.78, 5) is 0. The SMILES string of the molecule is CCCCOC(CCCS)OCC. The molecule has 2 nitrogen and oxygen atoms in total. The van der Waals surface area contributed by atoms with Crippen LogP contribution < -0.4 is 0 Å². The summed E-state index contributed by atoms with van der Waals surface area (Å²) in [6, 6.07) is 0. The van der Waals surface area contributed by atoms with Gasteiger partial charge in [0.05, 0.1) is 0 Å². The Morgan fingerprint density at radius 2 is 1.92 bits per heavy atom. The van der Waals surface area contributed by atoms with E-state index < -0.39 is 0 Å². The van der Waals surface area contributed by atoms with Gasteiger partial charge < -0.3 is 9.47 Å². The van der Waals surface area contributed by atoms with Crippen LogP contribution in [0.5, 0.6) is 0 Å². The molecule has 0 saturated carbocycles. The van der Waals surface area contributed by atoms with E-state index in [-0.39, 0.29) is 6.29 Å². The van der Waals surface area contributed by atoms with Crippen LogP contribution >= 0.6 is 12.6 Å². The van der Waals surface area contributed by atoms with Gasteiger partial charge in [0.15, 0.2) is 6.29 Å². The van der Waals surface area contributed by atoms with Crippen LogP contribution in [-0.4, -0.2) is 25.3 Å². The van der Waals surface area contributed by atoms with Crippen molar-refractivity contribution in [3.8, 4) is 0 Å². The largest absolute Gasteiger partial charge is 0.353 e. The van der Waals surface area contributed by atoms with Crippen molar-refractivity contribution >= 4 is 12.6 Å². The molecule has 0 amide bonds. The van der Waals surface area contributed by atoms with Crippen LogP contribution in [0.4, 0.5) is 0 Å². The highest BCUT2D eigenvalue weighted by molar-refractivity contribution is 7.80. The number of ether oxygens (including phenoxy) is 2. The second kappa shape index (κ2) is 10.4. The van der Waals surface area contributed by atoms with Gasteiger partial charge in [-0.2, -0.15) is 12.6 Å². The predicted octanol–water partition coefficient (Wildman–Crippen LogP) is 2.88. The molecule has 0 aliphatic carbocycles. The molecule has 13 heavy (non-hydrogen) atoms. The maximum atomic E-state index is 5.57. The zero-order valence-electron chi connectivity index (χ0n) is 8.79. The Bertz CT molecular complexity index is 98.9. The summed E-state index contributed by atoms with van der Waals surface area (Å²) in [7, 11) is 0. The quantitative estimate of drug-likeness (QED) is 0.355. The van der Waals surface area contributed by atoms with E-state index in [1.807, 2.05) is 6.92 Å². The predicted molar refractivity (Wildman–Crippen MR) is 59.4 cm³/mol. The molecule has 0 spiro atoms. The second-order valence-corrected chi connectivity index (χ2v) is 3.42. The van der Waals surface area contributed by atoms with E-state index in [1.165, 1.54) is 6.42 Å². The molecular weight excluding hydrogens is 184 g/mol. The first-order valence-corrected chi connectivity index (χ1v) is 5.82. The minimum atomic E-state index is -0.0105. The molecule has 0 N–H and O–H groups in total. The van der Waals surface area contributed by atoms with Crippen molar-refractivity contribution in [3.63, 3.8) is 0 Å². The van der Waals surface area contributed by atoms with Gasteiger partial charge in [0.2, 0.25) is 0 Å². The van der Waals surface area contributed by atoms with E-state index in [2.05, 4.69) is 19.6 Å². The topological polar surface area (TPSA) is 18.5 Å². The zero-order chi connectivity index (χ0) is 9.94. The van der Waals surface area contributed by atoms with E-state index in [0.717, 1.165) is 38.2 Å². The Labute approximate surface area is 87.4 Å². The Morgan fingerprint density at radius 1 is 1.15 bits per heavy atom. The second-order valence-electron chi connectivity index (χ2n) is 2.98. The normalized spacial score (nSPS) is 13.2. The lowest BCUT2D eigenvalue weighted by Gasteiger charge is -2.16. The molecule has 0 bridgehead atoms. The molecule has 80 valence electrons. The van der Waals surface area contributed by atoms with Gasteiger partial charge in [-0.05, 0) is 31.9 Å². The minimum absolute atomic E-state index is 0.0105. The summed E-state index contributed by atoms with van der Waals surface area (Å²) in [6.45, 7) is 5.70. The summed E-state index contributed by atoms with van der Waals surface area (Å²) in [6.07, 6.45) is 4.29. The Kier molecular flexibility index (Phi) is 10.6. The van der Waals surface area contributed by atoms with Gasteiger partial charge in [-0.15, -0.1) is 0 Å². The molecule has 0 aromatic heterocycles. The molecule has 0 heterocycles. The molecule has 0 saturated heterocycles. The van der Waals surface area contributed by atoms with E-state index in [1.54, 1.807) is 0 Å². The van der Waals surface area contributed by atoms with Crippen molar-refractivity contribution in [3.05, 3.63) is 0 Å². The average Bonchev–Trinajstić information content (AvgIpc) is 2.14. The van der Waals surface area contributed by atoms with Crippen LogP contribution in [0.15, 0.2) is 0 Å². The third-order valence-electron chi connectivity index (χ3n) is 1.75. The Balaban J connectivity index is 3.41. The number of hydrogen-bond donors (Lipinski definition) is 1. The fraction of sp³-hybridized carbons (Fsp3) is 1.00. The third-order valence-corrected chi connectivity index (χ3v) is 2.07. The average molecular weight is 206 g/mol. The molecule has 0 aliphatic heterocycles.